The molecule has 0 fully saturated rings. The highest BCUT2D eigenvalue weighted by Crippen LogP contribution is 2.25. The lowest BCUT2D eigenvalue weighted by Crippen LogP contribution is -2.51. The Labute approximate surface area is 232 Å². The summed E-state index contributed by atoms with van der Waals surface area (Å²) >= 11 is 0. The molecule has 0 bridgehead atoms. The Morgan fingerprint density at radius 2 is 1.44 bits per heavy atom. The fourth-order valence-electron chi connectivity index (χ4n) is 4.19. The van der Waals surface area contributed by atoms with Gasteiger partial charge in [0.1, 0.15) is 12.6 Å². The van der Waals surface area contributed by atoms with E-state index >= 15 is 0 Å². The second-order valence-electron chi connectivity index (χ2n) is 10.5. The van der Waals surface area contributed by atoms with Crippen molar-refractivity contribution in [3.63, 3.8) is 0 Å². The number of amides is 2. The van der Waals surface area contributed by atoms with Crippen molar-refractivity contribution in [2.75, 3.05) is 17.4 Å². The van der Waals surface area contributed by atoms with E-state index in [1.165, 1.54) is 4.90 Å². The van der Waals surface area contributed by atoms with Gasteiger partial charge in [-0.15, -0.1) is 0 Å². The Morgan fingerprint density at radius 3 is 2.03 bits per heavy atom. The van der Waals surface area contributed by atoms with Crippen LogP contribution in [0.15, 0.2) is 77.7 Å². The van der Waals surface area contributed by atoms with Gasteiger partial charge in [-0.1, -0.05) is 73.5 Å². The Kier molecular flexibility index (Phi) is 9.92. The van der Waals surface area contributed by atoms with Crippen molar-refractivity contribution < 1.29 is 18.0 Å². The highest BCUT2D eigenvalue weighted by atomic mass is 32.2. The van der Waals surface area contributed by atoms with Gasteiger partial charge in [0, 0.05) is 13.1 Å². The molecule has 0 aliphatic rings. The Hall–Kier alpha value is -3.65. The molecule has 8 heteroatoms. The molecule has 0 aromatic heterocycles. The third-order valence-electron chi connectivity index (χ3n) is 6.46. The van der Waals surface area contributed by atoms with E-state index in [1.807, 2.05) is 65.0 Å². The molecular formula is C31H39N3O4S. The number of benzene rings is 3. The molecule has 0 saturated carbocycles. The van der Waals surface area contributed by atoms with E-state index in [0.717, 1.165) is 26.6 Å². The lowest BCUT2D eigenvalue weighted by molar-refractivity contribution is -0.139. The smallest absolute Gasteiger partial charge is 0.264 e. The van der Waals surface area contributed by atoms with Crippen LogP contribution in [-0.2, 0) is 26.2 Å². The first-order valence-corrected chi connectivity index (χ1v) is 14.6. The van der Waals surface area contributed by atoms with Crippen LogP contribution in [-0.4, -0.2) is 44.3 Å². The molecule has 2 amide bonds. The molecule has 0 aliphatic carbocycles. The summed E-state index contributed by atoms with van der Waals surface area (Å²) < 4.78 is 28.9. The summed E-state index contributed by atoms with van der Waals surface area (Å²) in [4.78, 5) is 28.6. The third-order valence-corrected chi connectivity index (χ3v) is 8.25. The van der Waals surface area contributed by atoms with Crippen LogP contribution in [0.25, 0.3) is 0 Å². The van der Waals surface area contributed by atoms with Gasteiger partial charge in [-0.2, -0.15) is 0 Å². The van der Waals surface area contributed by atoms with Crippen LogP contribution in [0.4, 0.5) is 5.69 Å². The third kappa shape index (κ3) is 7.93. The molecule has 3 aromatic rings. The van der Waals surface area contributed by atoms with Crippen molar-refractivity contribution in [1.29, 1.82) is 0 Å². The van der Waals surface area contributed by atoms with Gasteiger partial charge in [0.25, 0.3) is 10.0 Å². The monoisotopic (exact) mass is 549 g/mol. The fourth-order valence-corrected chi connectivity index (χ4v) is 5.60. The van der Waals surface area contributed by atoms with E-state index in [9.17, 15) is 18.0 Å². The zero-order chi connectivity index (χ0) is 28.7. The first-order valence-electron chi connectivity index (χ1n) is 13.2. The number of hydrogen-bond donors (Lipinski definition) is 1. The van der Waals surface area contributed by atoms with Crippen molar-refractivity contribution in [3.8, 4) is 0 Å². The van der Waals surface area contributed by atoms with Crippen molar-refractivity contribution >= 4 is 27.5 Å². The van der Waals surface area contributed by atoms with Crippen LogP contribution in [0.3, 0.4) is 0 Å². The molecule has 1 unspecified atom stereocenters. The normalized spacial score (nSPS) is 12.2. The highest BCUT2D eigenvalue weighted by molar-refractivity contribution is 7.92. The molecule has 0 spiro atoms. The minimum atomic E-state index is -4.08. The number of carbonyl (C=O) groups is 2. The minimum absolute atomic E-state index is 0.0929. The second-order valence-corrected chi connectivity index (χ2v) is 12.4. The van der Waals surface area contributed by atoms with Gasteiger partial charge in [0.05, 0.1) is 10.6 Å². The molecule has 0 saturated heterocycles. The Morgan fingerprint density at radius 1 is 0.821 bits per heavy atom. The van der Waals surface area contributed by atoms with Crippen LogP contribution in [0.1, 0.15) is 43.0 Å². The Bertz CT molecular complexity index is 1400. The standard InChI is InChI=1S/C31H39N3O4S/c1-22(2)19-32-31(36)26(6)33(20-27-11-7-9-24(4)17-27)30(35)21-34(28-12-8-10-25(5)18-28)39(37,38)29-15-13-23(3)14-16-29/h7-18,22,26H,19-21H2,1-6H3,(H,32,36). The lowest BCUT2D eigenvalue weighted by Gasteiger charge is -2.32. The van der Waals surface area contributed by atoms with Crippen molar-refractivity contribution in [1.82, 2.24) is 10.2 Å². The quantitative estimate of drug-likeness (QED) is 0.365. The van der Waals surface area contributed by atoms with Crippen LogP contribution < -0.4 is 9.62 Å². The second kappa shape index (κ2) is 12.9. The van der Waals surface area contributed by atoms with E-state index in [0.29, 0.717) is 12.2 Å². The van der Waals surface area contributed by atoms with Crippen LogP contribution in [0.5, 0.6) is 0 Å². The molecule has 1 atom stereocenters. The number of nitrogens with one attached hydrogen (secondary N) is 1. The topological polar surface area (TPSA) is 86.8 Å². The number of anilines is 1. The zero-order valence-corrected chi connectivity index (χ0v) is 24.5. The van der Waals surface area contributed by atoms with E-state index in [1.54, 1.807) is 49.4 Å². The summed E-state index contributed by atoms with van der Waals surface area (Å²) in [5.74, 6) is -0.507. The first-order chi connectivity index (χ1) is 18.4. The lowest BCUT2D eigenvalue weighted by atomic mass is 10.1. The van der Waals surface area contributed by atoms with Crippen molar-refractivity contribution in [3.05, 3.63) is 95.1 Å². The van der Waals surface area contributed by atoms with Crippen LogP contribution >= 0.6 is 0 Å². The van der Waals surface area contributed by atoms with Crippen LogP contribution in [0, 0.1) is 26.7 Å². The maximum absolute atomic E-state index is 14.0. The molecule has 39 heavy (non-hydrogen) atoms. The van der Waals surface area contributed by atoms with E-state index in [4.69, 9.17) is 0 Å². The number of carbonyl (C=O) groups excluding carboxylic acids is 2. The predicted molar refractivity (Wildman–Crippen MR) is 156 cm³/mol. The average Bonchev–Trinajstić information content (AvgIpc) is 2.88. The summed E-state index contributed by atoms with van der Waals surface area (Å²) in [5.41, 5.74) is 4.06. The summed E-state index contributed by atoms with van der Waals surface area (Å²) in [6, 6.07) is 20.5. The fraction of sp³-hybridized carbons (Fsp3) is 0.355. The summed E-state index contributed by atoms with van der Waals surface area (Å²) in [5, 5.41) is 2.90. The molecule has 7 nitrogen and oxygen atoms in total. The Balaban J connectivity index is 2.01. The number of nitrogens with zero attached hydrogens (tertiary/aromatic N) is 2. The number of aryl methyl sites for hydroxylation is 3. The molecule has 3 aromatic carbocycles. The summed E-state index contributed by atoms with van der Waals surface area (Å²) in [6.07, 6.45) is 0. The molecule has 208 valence electrons. The van der Waals surface area contributed by atoms with Gasteiger partial charge in [-0.25, -0.2) is 8.42 Å². The van der Waals surface area contributed by atoms with Gasteiger partial charge in [-0.05, 0) is 69.0 Å². The maximum atomic E-state index is 14.0. The van der Waals surface area contributed by atoms with Gasteiger partial charge >= 0.3 is 0 Å². The van der Waals surface area contributed by atoms with Gasteiger partial charge in [-0.3, -0.25) is 13.9 Å². The average molecular weight is 550 g/mol. The zero-order valence-electron chi connectivity index (χ0n) is 23.6. The largest absolute Gasteiger partial charge is 0.354 e. The minimum Gasteiger partial charge on any atom is -0.354 e. The SMILES string of the molecule is Cc1ccc(S(=O)(=O)N(CC(=O)N(Cc2cccc(C)c2)C(C)C(=O)NCC(C)C)c2cccc(C)c2)cc1. The molecule has 0 radical (unpaired) electrons. The number of rotatable bonds is 11. The van der Waals surface area contributed by atoms with Crippen LogP contribution in [0.2, 0.25) is 0 Å². The van der Waals surface area contributed by atoms with Crippen molar-refractivity contribution in [2.45, 2.75) is 59.0 Å². The molecule has 0 aliphatic heterocycles. The highest BCUT2D eigenvalue weighted by Gasteiger charge is 2.32. The van der Waals surface area contributed by atoms with E-state index in [2.05, 4.69) is 5.32 Å². The summed E-state index contributed by atoms with van der Waals surface area (Å²) in [7, 11) is -4.08. The van der Waals surface area contributed by atoms with Gasteiger partial charge in [0.15, 0.2) is 0 Å². The van der Waals surface area contributed by atoms with E-state index < -0.39 is 28.5 Å². The predicted octanol–water partition coefficient (Wildman–Crippen LogP) is 5.00. The maximum Gasteiger partial charge on any atom is 0.264 e. The van der Waals surface area contributed by atoms with Gasteiger partial charge in [0.2, 0.25) is 11.8 Å². The molecule has 1 N–H and O–H groups in total. The summed E-state index contributed by atoms with van der Waals surface area (Å²) in [6.45, 7) is 11.6. The van der Waals surface area contributed by atoms with Gasteiger partial charge < -0.3 is 10.2 Å². The first kappa shape index (κ1) is 29.9. The van der Waals surface area contributed by atoms with E-state index in [-0.39, 0.29) is 23.3 Å². The number of hydrogen-bond acceptors (Lipinski definition) is 4. The molecular weight excluding hydrogens is 510 g/mol. The molecule has 0 heterocycles. The molecule has 3 rings (SSSR count). The number of sulfonamides is 1. The van der Waals surface area contributed by atoms with Crippen molar-refractivity contribution in [2.24, 2.45) is 5.92 Å².